The smallest absolute Gasteiger partial charge is 0.0781 e. The van der Waals surface area contributed by atoms with Gasteiger partial charge in [0.05, 0.1) is 19.3 Å². The molecule has 1 aromatic carbocycles. The molecule has 1 aromatic rings. The molecule has 0 saturated carbocycles. The van der Waals surface area contributed by atoms with Crippen LogP contribution in [0.15, 0.2) is 24.3 Å². The summed E-state index contributed by atoms with van der Waals surface area (Å²) in [5.41, 5.74) is 1.82. The molecule has 0 spiro atoms. The molecule has 0 aromatic heterocycles. The van der Waals surface area contributed by atoms with Crippen LogP contribution in [0.4, 0.5) is 5.69 Å². The lowest BCUT2D eigenvalue weighted by Gasteiger charge is -2.27. The maximum atomic E-state index is 9.73. The van der Waals surface area contributed by atoms with Crippen molar-refractivity contribution in [2.24, 2.45) is 0 Å². The molecule has 96 valence electrons. The highest BCUT2D eigenvalue weighted by molar-refractivity contribution is 5.54. The van der Waals surface area contributed by atoms with Crippen molar-refractivity contribution in [2.45, 2.75) is 13.0 Å². The predicted molar refractivity (Wildman–Crippen MR) is 68.3 cm³/mol. The number of benzene rings is 1. The first-order valence-electron chi connectivity index (χ1n) is 5.82. The van der Waals surface area contributed by atoms with E-state index in [2.05, 4.69) is 0 Å². The molecule has 0 aliphatic heterocycles. The van der Waals surface area contributed by atoms with Crippen LogP contribution in [0.3, 0.4) is 0 Å². The highest BCUT2D eigenvalue weighted by Crippen LogP contribution is 2.25. The van der Waals surface area contributed by atoms with Crippen LogP contribution < -0.4 is 4.90 Å². The van der Waals surface area contributed by atoms with E-state index in [9.17, 15) is 5.11 Å². The number of aliphatic hydroxyl groups is 2. The van der Waals surface area contributed by atoms with Gasteiger partial charge in [0.2, 0.25) is 0 Å². The van der Waals surface area contributed by atoms with Crippen molar-refractivity contribution < 1.29 is 14.9 Å². The predicted octanol–water partition coefficient (Wildman–Crippen LogP) is 1.19. The standard InChI is InChI=1S/C13H21NO3/c1-11(16)12-5-3-4-6-13(12)14(7-9-15)8-10-17-2/h3-6,11,15-16H,7-10H2,1-2H3. The zero-order chi connectivity index (χ0) is 12.7. The van der Waals surface area contributed by atoms with E-state index in [0.29, 0.717) is 19.7 Å². The third-order valence-electron chi connectivity index (χ3n) is 2.66. The number of ether oxygens (including phenoxy) is 1. The van der Waals surface area contributed by atoms with Crippen molar-refractivity contribution in [2.75, 3.05) is 38.3 Å². The van der Waals surface area contributed by atoms with E-state index in [1.54, 1.807) is 14.0 Å². The van der Waals surface area contributed by atoms with Gasteiger partial charge in [-0.1, -0.05) is 18.2 Å². The van der Waals surface area contributed by atoms with Crippen molar-refractivity contribution >= 4 is 5.69 Å². The van der Waals surface area contributed by atoms with Crippen LogP contribution in [0.2, 0.25) is 0 Å². The van der Waals surface area contributed by atoms with E-state index in [-0.39, 0.29) is 6.61 Å². The fourth-order valence-electron chi connectivity index (χ4n) is 1.80. The van der Waals surface area contributed by atoms with Crippen LogP contribution >= 0.6 is 0 Å². The summed E-state index contributed by atoms with van der Waals surface area (Å²) in [5, 5.41) is 18.8. The summed E-state index contributed by atoms with van der Waals surface area (Å²) >= 11 is 0. The Hall–Kier alpha value is -1.10. The van der Waals surface area contributed by atoms with Crippen molar-refractivity contribution in [1.82, 2.24) is 0 Å². The molecule has 1 unspecified atom stereocenters. The zero-order valence-corrected chi connectivity index (χ0v) is 10.5. The molecule has 4 nitrogen and oxygen atoms in total. The van der Waals surface area contributed by atoms with Gasteiger partial charge in [-0.15, -0.1) is 0 Å². The maximum Gasteiger partial charge on any atom is 0.0781 e. The number of rotatable bonds is 7. The third-order valence-corrected chi connectivity index (χ3v) is 2.66. The van der Waals surface area contributed by atoms with Crippen molar-refractivity contribution in [3.05, 3.63) is 29.8 Å². The van der Waals surface area contributed by atoms with Crippen LogP contribution in [-0.2, 0) is 4.74 Å². The second kappa shape index (κ2) is 7.27. The normalized spacial score (nSPS) is 12.5. The molecule has 0 bridgehead atoms. The number of hydrogen-bond donors (Lipinski definition) is 2. The van der Waals surface area contributed by atoms with Gasteiger partial charge in [0, 0.05) is 31.5 Å². The molecule has 0 radical (unpaired) electrons. The van der Waals surface area contributed by atoms with Crippen LogP contribution in [0, 0.1) is 0 Å². The topological polar surface area (TPSA) is 52.9 Å². The Morgan fingerprint density at radius 1 is 1.29 bits per heavy atom. The Bertz CT molecular complexity index is 328. The second-order valence-corrected chi connectivity index (χ2v) is 3.94. The number of methoxy groups -OCH3 is 1. The quantitative estimate of drug-likeness (QED) is 0.750. The molecule has 2 N–H and O–H groups in total. The van der Waals surface area contributed by atoms with Gasteiger partial charge in [-0.3, -0.25) is 0 Å². The van der Waals surface area contributed by atoms with Gasteiger partial charge in [-0.2, -0.15) is 0 Å². The third kappa shape index (κ3) is 4.00. The molecule has 1 rings (SSSR count). The van der Waals surface area contributed by atoms with Gasteiger partial charge < -0.3 is 19.8 Å². The first-order valence-corrected chi connectivity index (χ1v) is 5.82. The minimum absolute atomic E-state index is 0.0812. The first kappa shape index (κ1) is 14.0. The molecule has 0 aliphatic carbocycles. The molecule has 17 heavy (non-hydrogen) atoms. The summed E-state index contributed by atoms with van der Waals surface area (Å²) in [5.74, 6) is 0. The Morgan fingerprint density at radius 2 is 2.00 bits per heavy atom. The van der Waals surface area contributed by atoms with E-state index >= 15 is 0 Å². The van der Waals surface area contributed by atoms with Gasteiger partial charge >= 0.3 is 0 Å². The lowest BCUT2D eigenvalue weighted by Crippen LogP contribution is -2.31. The number of aliphatic hydroxyl groups excluding tert-OH is 2. The van der Waals surface area contributed by atoms with E-state index < -0.39 is 6.10 Å². The average molecular weight is 239 g/mol. The number of hydrogen-bond acceptors (Lipinski definition) is 4. The zero-order valence-electron chi connectivity index (χ0n) is 10.5. The molecular weight excluding hydrogens is 218 g/mol. The van der Waals surface area contributed by atoms with Crippen molar-refractivity contribution in [3.63, 3.8) is 0 Å². The summed E-state index contributed by atoms with van der Waals surface area (Å²) < 4.78 is 5.05. The number of anilines is 1. The number of para-hydroxylation sites is 1. The molecule has 0 amide bonds. The Labute approximate surface area is 102 Å². The fourth-order valence-corrected chi connectivity index (χ4v) is 1.80. The maximum absolute atomic E-state index is 9.73. The van der Waals surface area contributed by atoms with Gasteiger partial charge in [0.25, 0.3) is 0 Å². The summed E-state index contributed by atoms with van der Waals surface area (Å²) in [4.78, 5) is 2.02. The molecule has 4 heteroatoms. The van der Waals surface area contributed by atoms with Crippen LogP contribution in [0.5, 0.6) is 0 Å². The molecule has 0 saturated heterocycles. The van der Waals surface area contributed by atoms with Crippen LogP contribution in [-0.4, -0.2) is 43.6 Å². The minimum atomic E-state index is -0.519. The Balaban J connectivity index is 2.91. The molecule has 1 atom stereocenters. The largest absolute Gasteiger partial charge is 0.395 e. The molecule has 0 heterocycles. The van der Waals surface area contributed by atoms with E-state index in [4.69, 9.17) is 9.84 Å². The Morgan fingerprint density at radius 3 is 2.59 bits per heavy atom. The summed E-state index contributed by atoms with van der Waals surface area (Å²) in [6.07, 6.45) is -0.519. The number of nitrogens with zero attached hydrogens (tertiary/aromatic N) is 1. The van der Waals surface area contributed by atoms with Crippen molar-refractivity contribution in [1.29, 1.82) is 0 Å². The van der Waals surface area contributed by atoms with E-state index in [1.165, 1.54) is 0 Å². The lowest BCUT2D eigenvalue weighted by molar-refractivity contribution is 0.196. The van der Waals surface area contributed by atoms with E-state index in [0.717, 1.165) is 11.3 Å². The molecular formula is C13H21NO3. The van der Waals surface area contributed by atoms with Crippen molar-refractivity contribution in [3.8, 4) is 0 Å². The van der Waals surface area contributed by atoms with Crippen LogP contribution in [0.25, 0.3) is 0 Å². The van der Waals surface area contributed by atoms with Gasteiger partial charge in [0.15, 0.2) is 0 Å². The van der Waals surface area contributed by atoms with Gasteiger partial charge in [-0.25, -0.2) is 0 Å². The molecule has 0 aliphatic rings. The van der Waals surface area contributed by atoms with Gasteiger partial charge in [-0.05, 0) is 13.0 Å². The fraction of sp³-hybridized carbons (Fsp3) is 0.538. The average Bonchev–Trinajstić information content (AvgIpc) is 2.34. The summed E-state index contributed by atoms with van der Waals surface area (Å²) in [6, 6.07) is 7.68. The highest BCUT2D eigenvalue weighted by Gasteiger charge is 2.13. The first-order chi connectivity index (χ1) is 8.20. The SMILES string of the molecule is COCCN(CCO)c1ccccc1C(C)O. The summed E-state index contributed by atoms with van der Waals surface area (Å²) in [7, 11) is 1.65. The Kier molecular flexibility index (Phi) is 5.97. The monoisotopic (exact) mass is 239 g/mol. The van der Waals surface area contributed by atoms with E-state index in [1.807, 2.05) is 29.2 Å². The summed E-state index contributed by atoms with van der Waals surface area (Å²) in [6.45, 7) is 3.65. The van der Waals surface area contributed by atoms with Gasteiger partial charge in [0.1, 0.15) is 0 Å². The molecule has 0 fully saturated rings. The lowest BCUT2D eigenvalue weighted by atomic mass is 10.1. The minimum Gasteiger partial charge on any atom is -0.395 e. The highest BCUT2D eigenvalue weighted by atomic mass is 16.5. The van der Waals surface area contributed by atoms with Crippen LogP contribution in [0.1, 0.15) is 18.6 Å². The second-order valence-electron chi connectivity index (χ2n) is 3.94.